The fourth-order valence-electron chi connectivity index (χ4n) is 4.92. The van der Waals surface area contributed by atoms with E-state index in [1.54, 1.807) is 11.3 Å². The quantitative estimate of drug-likeness (QED) is 0.389. The molecule has 3 heterocycles. The van der Waals surface area contributed by atoms with E-state index in [2.05, 4.69) is 44.3 Å². The molecule has 6 heteroatoms. The van der Waals surface area contributed by atoms with Gasteiger partial charge in [0, 0.05) is 0 Å². The van der Waals surface area contributed by atoms with Crippen molar-refractivity contribution in [1.82, 2.24) is 10.3 Å². The number of hydrogen-bond donors (Lipinski definition) is 1. The topological polar surface area (TPSA) is 51.2 Å². The number of carbonyl (C=O) groups excluding carboxylic acids is 1. The van der Waals surface area contributed by atoms with Crippen LogP contribution < -0.4 is 10.1 Å². The Hall–Kier alpha value is -1.95. The number of halogens is 1. The first-order chi connectivity index (χ1) is 14.8. The number of hydrogen-bond acceptors (Lipinski definition) is 5. The molecule has 31 heavy (non-hydrogen) atoms. The fraction of sp³-hybridized carbons (Fsp3) is 0.440. The molecular formula is C25H27ClN2O2S. The molecule has 5 rings (SSSR count). The van der Waals surface area contributed by atoms with Crippen molar-refractivity contribution >= 4 is 39.1 Å². The van der Waals surface area contributed by atoms with Gasteiger partial charge in [-0.15, -0.1) is 11.3 Å². The molecule has 162 valence electrons. The number of nitrogens with one attached hydrogen (secondary N) is 1. The number of thiazole rings is 1. The molecule has 1 fully saturated rings. The summed E-state index contributed by atoms with van der Waals surface area (Å²) in [6.45, 7) is 8.35. The van der Waals surface area contributed by atoms with Crippen LogP contribution in [0.1, 0.15) is 55.7 Å². The summed E-state index contributed by atoms with van der Waals surface area (Å²) < 4.78 is 7.06. The largest absolute Gasteiger partial charge is 0.425 e. The summed E-state index contributed by atoms with van der Waals surface area (Å²) in [5.41, 5.74) is 1.85. The highest BCUT2D eigenvalue weighted by atomic mass is 35.5. The van der Waals surface area contributed by atoms with Crippen LogP contribution in [0.4, 0.5) is 0 Å². The van der Waals surface area contributed by atoms with E-state index in [1.165, 1.54) is 5.56 Å². The highest BCUT2D eigenvalue weighted by Gasteiger charge is 2.56. The van der Waals surface area contributed by atoms with E-state index in [0.29, 0.717) is 23.1 Å². The maximum Gasteiger partial charge on any atom is 0.325 e. The molecule has 4 nitrogen and oxygen atoms in total. The second kappa shape index (κ2) is 7.58. The Balaban J connectivity index is 1.59. The van der Waals surface area contributed by atoms with E-state index in [-0.39, 0.29) is 11.4 Å². The maximum atomic E-state index is 13.7. The van der Waals surface area contributed by atoms with Gasteiger partial charge in [-0.2, -0.15) is 0 Å². The average Bonchev–Trinajstić information content (AvgIpc) is 3.18. The van der Waals surface area contributed by atoms with Gasteiger partial charge in [-0.25, -0.2) is 4.98 Å². The highest BCUT2D eigenvalue weighted by molar-refractivity contribution is 7.19. The number of nitrogens with zero attached hydrogens (tertiary/aromatic N) is 1. The van der Waals surface area contributed by atoms with Crippen molar-refractivity contribution in [3.8, 4) is 5.75 Å². The van der Waals surface area contributed by atoms with Crippen LogP contribution in [0.5, 0.6) is 5.75 Å². The molecule has 1 aromatic heterocycles. The summed E-state index contributed by atoms with van der Waals surface area (Å²) in [6.07, 6.45) is 2.81. The van der Waals surface area contributed by atoms with E-state index in [9.17, 15) is 4.79 Å². The van der Waals surface area contributed by atoms with Crippen molar-refractivity contribution in [2.24, 2.45) is 5.41 Å². The van der Waals surface area contributed by atoms with Gasteiger partial charge in [0.25, 0.3) is 0 Å². The molecule has 0 saturated carbocycles. The minimum absolute atomic E-state index is 0.217. The second-order valence-corrected chi connectivity index (χ2v) is 11.2. The summed E-state index contributed by atoms with van der Waals surface area (Å²) in [6, 6.07) is 12.2. The SMILES string of the molecule is CC(C)(C)C1(c2nc3c(Cl)cccc3s2)Cc2ccc(C3CCNCC3)cc2OC1=O. The molecule has 1 N–H and O–H groups in total. The van der Waals surface area contributed by atoms with Gasteiger partial charge in [0.2, 0.25) is 0 Å². The van der Waals surface area contributed by atoms with E-state index in [0.717, 1.165) is 46.7 Å². The first kappa shape index (κ1) is 20.9. The third-order valence-electron chi connectivity index (χ3n) is 6.92. The van der Waals surface area contributed by atoms with Crippen molar-refractivity contribution in [3.05, 3.63) is 57.6 Å². The number of carbonyl (C=O) groups is 1. The molecule has 0 bridgehead atoms. The second-order valence-electron chi connectivity index (χ2n) is 9.72. The Morgan fingerprint density at radius 3 is 2.68 bits per heavy atom. The van der Waals surface area contributed by atoms with Crippen LogP contribution >= 0.6 is 22.9 Å². The summed E-state index contributed by atoms with van der Waals surface area (Å²) in [5, 5.41) is 4.80. The maximum absolute atomic E-state index is 13.7. The van der Waals surface area contributed by atoms with Gasteiger partial charge in [0.05, 0.1) is 9.72 Å². The van der Waals surface area contributed by atoms with Crippen LogP contribution in [0.25, 0.3) is 10.2 Å². The number of para-hydroxylation sites is 1. The lowest BCUT2D eigenvalue weighted by molar-refractivity contribution is -0.147. The zero-order valence-electron chi connectivity index (χ0n) is 18.1. The number of aromatic nitrogens is 1. The van der Waals surface area contributed by atoms with Gasteiger partial charge in [-0.1, -0.05) is 50.6 Å². The van der Waals surface area contributed by atoms with Crippen molar-refractivity contribution < 1.29 is 9.53 Å². The summed E-state index contributed by atoms with van der Waals surface area (Å²) >= 11 is 7.95. The Morgan fingerprint density at radius 1 is 1.19 bits per heavy atom. The Bertz CT molecular complexity index is 1160. The summed E-state index contributed by atoms with van der Waals surface area (Å²) in [7, 11) is 0. The van der Waals surface area contributed by atoms with Crippen molar-refractivity contribution in [2.45, 2.75) is 51.4 Å². The molecule has 0 radical (unpaired) electrons. The molecule has 1 saturated heterocycles. The third-order valence-corrected chi connectivity index (χ3v) is 8.41. The van der Waals surface area contributed by atoms with E-state index >= 15 is 0 Å². The van der Waals surface area contributed by atoms with Gasteiger partial charge in [0.1, 0.15) is 21.7 Å². The van der Waals surface area contributed by atoms with Crippen LogP contribution in [-0.2, 0) is 16.6 Å². The first-order valence-electron chi connectivity index (χ1n) is 10.9. The zero-order chi connectivity index (χ0) is 21.8. The summed E-state index contributed by atoms with van der Waals surface area (Å²) in [5.74, 6) is 1.01. The van der Waals surface area contributed by atoms with Crippen LogP contribution in [0.3, 0.4) is 0 Å². The highest BCUT2D eigenvalue weighted by Crippen LogP contribution is 2.51. The minimum atomic E-state index is -0.858. The van der Waals surface area contributed by atoms with Crippen molar-refractivity contribution in [3.63, 3.8) is 0 Å². The van der Waals surface area contributed by atoms with Gasteiger partial charge < -0.3 is 10.1 Å². The van der Waals surface area contributed by atoms with Crippen LogP contribution in [0.15, 0.2) is 36.4 Å². The normalized spacial score (nSPS) is 22.4. The van der Waals surface area contributed by atoms with E-state index in [4.69, 9.17) is 21.3 Å². The predicted octanol–water partition coefficient (Wildman–Crippen LogP) is 5.86. The number of ether oxygens (including phenoxy) is 1. The average molecular weight is 455 g/mol. The van der Waals surface area contributed by atoms with Crippen LogP contribution in [-0.4, -0.2) is 24.0 Å². The molecule has 2 aliphatic heterocycles. The Kier molecular flexibility index (Phi) is 5.11. The Morgan fingerprint density at radius 2 is 1.97 bits per heavy atom. The monoisotopic (exact) mass is 454 g/mol. The molecule has 2 aliphatic rings. The predicted molar refractivity (Wildman–Crippen MR) is 126 cm³/mol. The smallest absolute Gasteiger partial charge is 0.325 e. The molecule has 1 unspecified atom stereocenters. The standard InChI is InChI=1S/C25H27ClN2O2S/c1-24(2,3)25(22-28-21-18(26)5-4-6-20(21)31-22)14-17-8-7-16(13-19(17)30-23(25)29)15-9-11-27-12-10-15/h4-8,13,15,27H,9-12,14H2,1-3H3. The number of fused-ring (bicyclic) bond motifs is 2. The molecular weight excluding hydrogens is 428 g/mol. The lowest BCUT2D eigenvalue weighted by Gasteiger charge is -2.43. The zero-order valence-corrected chi connectivity index (χ0v) is 19.7. The number of piperidine rings is 1. The van der Waals surface area contributed by atoms with E-state index < -0.39 is 5.41 Å². The van der Waals surface area contributed by atoms with Gasteiger partial charge in [-0.3, -0.25) is 4.79 Å². The van der Waals surface area contributed by atoms with Crippen molar-refractivity contribution in [1.29, 1.82) is 0 Å². The molecule has 0 spiro atoms. The van der Waals surface area contributed by atoms with Crippen LogP contribution in [0.2, 0.25) is 5.02 Å². The van der Waals surface area contributed by atoms with Gasteiger partial charge in [0.15, 0.2) is 0 Å². The first-order valence-corrected chi connectivity index (χ1v) is 12.1. The minimum Gasteiger partial charge on any atom is -0.425 e. The van der Waals surface area contributed by atoms with E-state index in [1.807, 2.05) is 18.2 Å². The van der Waals surface area contributed by atoms with Crippen LogP contribution in [0, 0.1) is 5.41 Å². The molecule has 0 aliphatic carbocycles. The lowest BCUT2D eigenvalue weighted by Crippen LogP contribution is -2.53. The van der Waals surface area contributed by atoms with Gasteiger partial charge in [-0.05, 0) is 73.0 Å². The van der Waals surface area contributed by atoms with Crippen molar-refractivity contribution in [2.75, 3.05) is 13.1 Å². The van der Waals surface area contributed by atoms with Gasteiger partial charge >= 0.3 is 5.97 Å². The fourth-order valence-corrected chi connectivity index (χ4v) is 6.57. The number of benzene rings is 2. The molecule has 3 aromatic rings. The third kappa shape index (κ3) is 3.38. The number of esters is 1. The molecule has 1 atom stereocenters. The Labute approximate surface area is 192 Å². The molecule has 2 aromatic carbocycles. The molecule has 0 amide bonds. The lowest BCUT2D eigenvalue weighted by atomic mass is 9.62. The summed E-state index contributed by atoms with van der Waals surface area (Å²) in [4.78, 5) is 18.5. The number of rotatable bonds is 2.